The minimum atomic E-state index is 0.0846. The van der Waals surface area contributed by atoms with E-state index in [-0.39, 0.29) is 5.75 Å². The SMILES string of the molecule is COc1ccc2ncc3c(-c4ccc(O)c(OC)c4)nn(-c4ccccc4)c3c2c1. The van der Waals surface area contributed by atoms with Crippen LogP contribution in [0.1, 0.15) is 0 Å². The summed E-state index contributed by atoms with van der Waals surface area (Å²) in [6, 6.07) is 21.0. The van der Waals surface area contributed by atoms with Crippen LogP contribution in [0.5, 0.6) is 17.2 Å². The molecule has 0 saturated heterocycles. The molecule has 2 aromatic heterocycles. The van der Waals surface area contributed by atoms with Gasteiger partial charge in [-0.1, -0.05) is 18.2 Å². The summed E-state index contributed by atoms with van der Waals surface area (Å²) in [4.78, 5) is 4.65. The highest BCUT2D eigenvalue weighted by molar-refractivity contribution is 6.09. The molecule has 30 heavy (non-hydrogen) atoms. The number of ether oxygens (including phenoxy) is 2. The fraction of sp³-hybridized carbons (Fsp3) is 0.0833. The average molecular weight is 397 g/mol. The summed E-state index contributed by atoms with van der Waals surface area (Å²) in [6.45, 7) is 0. The fourth-order valence-electron chi connectivity index (χ4n) is 3.68. The van der Waals surface area contributed by atoms with Gasteiger partial charge in [-0.2, -0.15) is 5.10 Å². The predicted octanol–water partition coefficient (Wildman–Crippen LogP) is 4.96. The number of hydrogen-bond acceptors (Lipinski definition) is 5. The molecule has 148 valence electrons. The number of rotatable bonds is 4. The Kier molecular flexibility index (Phi) is 4.25. The van der Waals surface area contributed by atoms with Crippen molar-refractivity contribution in [3.8, 4) is 34.2 Å². The van der Waals surface area contributed by atoms with Crippen LogP contribution in [0.15, 0.2) is 72.9 Å². The lowest BCUT2D eigenvalue weighted by Crippen LogP contribution is -1.97. The number of fused-ring (bicyclic) bond motifs is 3. The van der Waals surface area contributed by atoms with Gasteiger partial charge < -0.3 is 14.6 Å². The van der Waals surface area contributed by atoms with E-state index in [1.807, 2.05) is 65.5 Å². The molecule has 1 N–H and O–H groups in total. The minimum absolute atomic E-state index is 0.0846. The lowest BCUT2D eigenvalue weighted by molar-refractivity contribution is 0.373. The molecule has 0 aliphatic heterocycles. The van der Waals surface area contributed by atoms with E-state index in [1.165, 1.54) is 7.11 Å². The zero-order valence-corrected chi connectivity index (χ0v) is 16.5. The van der Waals surface area contributed by atoms with Gasteiger partial charge >= 0.3 is 0 Å². The van der Waals surface area contributed by atoms with E-state index in [9.17, 15) is 5.11 Å². The van der Waals surface area contributed by atoms with Crippen LogP contribution in [0, 0.1) is 0 Å². The fourth-order valence-corrected chi connectivity index (χ4v) is 3.68. The Morgan fingerprint density at radius 3 is 2.47 bits per heavy atom. The van der Waals surface area contributed by atoms with E-state index in [0.717, 1.165) is 44.5 Å². The van der Waals surface area contributed by atoms with Gasteiger partial charge in [0.1, 0.15) is 11.4 Å². The van der Waals surface area contributed by atoms with Crippen molar-refractivity contribution in [2.24, 2.45) is 0 Å². The minimum Gasteiger partial charge on any atom is -0.504 e. The van der Waals surface area contributed by atoms with Gasteiger partial charge in [-0.05, 0) is 48.5 Å². The van der Waals surface area contributed by atoms with Gasteiger partial charge in [0.2, 0.25) is 0 Å². The standard InChI is InChI=1S/C24H19N3O3/c1-29-17-9-10-20-18(13-17)24-19(14-25-20)23(15-8-11-21(28)22(12-15)30-2)26-27(24)16-6-4-3-5-7-16/h3-14,28H,1-2H3. The molecule has 0 amide bonds. The summed E-state index contributed by atoms with van der Waals surface area (Å²) in [6.07, 6.45) is 1.84. The van der Waals surface area contributed by atoms with Crippen molar-refractivity contribution in [2.45, 2.75) is 0 Å². The number of aromatic hydroxyl groups is 1. The van der Waals surface area contributed by atoms with Gasteiger partial charge in [0.25, 0.3) is 0 Å². The first-order valence-corrected chi connectivity index (χ1v) is 9.48. The summed E-state index contributed by atoms with van der Waals surface area (Å²) in [5.74, 6) is 1.23. The molecular weight excluding hydrogens is 378 g/mol. The molecule has 3 aromatic carbocycles. The lowest BCUT2D eigenvalue weighted by Gasteiger charge is -2.07. The zero-order valence-electron chi connectivity index (χ0n) is 16.5. The quantitative estimate of drug-likeness (QED) is 0.464. The number of benzene rings is 3. The summed E-state index contributed by atoms with van der Waals surface area (Å²) in [5, 5.41) is 16.8. The molecule has 0 spiro atoms. The number of phenolic OH excluding ortho intramolecular Hbond substituents is 1. The van der Waals surface area contributed by atoms with E-state index < -0.39 is 0 Å². The van der Waals surface area contributed by atoms with Gasteiger partial charge in [-0.3, -0.25) is 4.98 Å². The Morgan fingerprint density at radius 2 is 1.70 bits per heavy atom. The molecule has 0 radical (unpaired) electrons. The van der Waals surface area contributed by atoms with Crippen LogP contribution in [0.2, 0.25) is 0 Å². The van der Waals surface area contributed by atoms with Gasteiger partial charge in [-0.15, -0.1) is 0 Å². The van der Waals surface area contributed by atoms with Crippen LogP contribution in [-0.4, -0.2) is 34.1 Å². The summed E-state index contributed by atoms with van der Waals surface area (Å²) >= 11 is 0. The first kappa shape index (κ1) is 18.0. The number of pyridine rings is 1. The van der Waals surface area contributed by atoms with E-state index in [2.05, 4.69) is 4.98 Å². The van der Waals surface area contributed by atoms with E-state index in [1.54, 1.807) is 19.2 Å². The second kappa shape index (κ2) is 7.08. The second-order valence-electron chi connectivity index (χ2n) is 6.89. The van der Waals surface area contributed by atoms with Crippen LogP contribution in [0.3, 0.4) is 0 Å². The molecule has 0 atom stereocenters. The van der Waals surface area contributed by atoms with Gasteiger partial charge in [0.05, 0.1) is 30.9 Å². The lowest BCUT2D eigenvalue weighted by atomic mass is 10.1. The van der Waals surface area contributed by atoms with Crippen LogP contribution >= 0.6 is 0 Å². The third kappa shape index (κ3) is 2.81. The van der Waals surface area contributed by atoms with Crippen molar-refractivity contribution >= 4 is 21.8 Å². The molecule has 6 nitrogen and oxygen atoms in total. The van der Waals surface area contributed by atoms with Crippen LogP contribution in [0.25, 0.3) is 38.8 Å². The van der Waals surface area contributed by atoms with E-state index in [0.29, 0.717) is 5.75 Å². The molecule has 2 heterocycles. The summed E-state index contributed by atoms with van der Waals surface area (Å²) < 4.78 is 12.7. The molecule has 0 aliphatic rings. The maximum atomic E-state index is 10.0. The molecule has 0 saturated carbocycles. The van der Waals surface area contributed by atoms with Crippen LogP contribution < -0.4 is 9.47 Å². The topological polar surface area (TPSA) is 69.4 Å². The first-order valence-electron chi connectivity index (χ1n) is 9.48. The third-order valence-corrected chi connectivity index (χ3v) is 5.17. The monoisotopic (exact) mass is 397 g/mol. The predicted molar refractivity (Wildman–Crippen MR) is 117 cm³/mol. The Balaban J connectivity index is 1.88. The summed E-state index contributed by atoms with van der Waals surface area (Å²) in [5.41, 5.74) is 4.31. The Morgan fingerprint density at radius 1 is 0.867 bits per heavy atom. The molecule has 6 heteroatoms. The van der Waals surface area contributed by atoms with E-state index >= 15 is 0 Å². The number of hydrogen-bond donors (Lipinski definition) is 1. The van der Waals surface area contributed by atoms with Gasteiger partial charge in [0.15, 0.2) is 11.5 Å². The summed E-state index contributed by atoms with van der Waals surface area (Å²) in [7, 11) is 3.18. The maximum absolute atomic E-state index is 10.0. The molecular formula is C24H19N3O3. The number of phenols is 1. The second-order valence-corrected chi connectivity index (χ2v) is 6.89. The smallest absolute Gasteiger partial charge is 0.161 e. The zero-order chi connectivity index (χ0) is 20.7. The molecule has 5 rings (SSSR count). The van der Waals surface area contributed by atoms with Crippen LogP contribution in [0.4, 0.5) is 0 Å². The first-order chi connectivity index (χ1) is 14.7. The van der Waals surface area contributed by atoms with Crippen molar-refractivity contribution in [2.75, 3.05) is 14.2 Å². The number of nitrogens with zero attached hydrogens (tertiary/aromatic N) is 3. The number of para-hydroxylation sites is 1. The average Bonchev–Trinajstić information content (AvgIpc) is 3.20. The van der Waals surface area contributed by atoms with Gasteiger partial charge in [-0.25, -0.2) is 4.68 Å². The molecule has 0 bridgehead atoms. The van der Waals surface area contributed by atoms with Crippen molar-refractivity contribution in [1.82, 2.24) is 14.8 Å². The van der Waals surface area contributed by atoms with Crippen molar-refractivity contribution < 1.29 is 14.6 Å². The van der Waals surface area contributed by atoms with Gasteiger partial charge in [0, 0.05) is 22.5 Å². The molecule has 5 aromatic rings. The molecule has 0 fully saturated rings. The highest BCUT2D eigenvalue weighted by atomic mass is 16.5. The van der Waals surface area contributed by atoms with Crippen molar-refractivity contribution in [3.63, 3.8) is 0 Å². The molecule has 0 unspecified atom stereocenters. The normalized spacial score (nSPS) is 11.1. The Hall–Kier alpha value is -4.06. The maximum Gasteiger partial charge on any atom is 0.161 e. The highest BCUT2D eigenvalue weighted by Crippen LogP contribution is 2.37. The number of aromatic nitrogens is 3. The Labute approximate surface area is 172 Å². The van der Waals surface area contributed by atoms with Crippen LogP contribution in [-0.2, 0) is 0 Å². The van der Waals surface area contributed by atoms with E-state index in [4.69, 9.17) is 14.6 Å². The molecule has 0 aliphatic carbocycles. The van der Waals surface area contributed by atoms with Crippen molar-refractivity contribution in [3.05, 3.63) is 72.9 Å². The largest absolute Gasteiger partial charge is 0.504 e. The third-order valence-electron chi connectivity index (χ3n) is 5.17. The van der Waals surface area contributed by atoms with Crippen molar-refractivity contribution in [1.29, 1.82) is 0 Å². The Bertz CT molecular complexity index is 1380. The number of methoxy groups -OCH3 is 2. The highest BCUT2D eigenvalue weighted by Gasteiger charge is 2.18.